The largest absolute Gasteiger partial charge is 0.377 e. The van der Waals surface area contributed by atoms with Gasteiger partial charge in [-0.3, -0.25) is 0 Å². The number of aromatic amines is 1. The lowest BCUT2D eigenvalue weighted by atomic mass is 10.0. The summed E-state index contributed by atoms with van der Waals surface area (Å²) in [6.07, 6.45) is 4.39. The Bertz CT molecular complexity index is 1430. The van der Waals surface area contributed by atoms with Crippen molar-refractivity contribution in [1.82, 2.24) is 15.0 Å². The van der Waals surface area contributed by atoms with Crippen LogP contribution in [-0.4, -0.2) is 55.4 Å². The molecule has 0 spiro atoms. The van der Waals surface area contributed by atoms with E-state index in [2.05, 4.69) is 21.8 Å². The summed E-state index contributed by atoms with van der Waals surface area (Å²) in [6, 6.07) is 12.4. The molecule has 3 aromatic heterocycles. The van der Waals surface area contributed by atoms with Crippen LogP contribution < -0.4 is 4.90 Å². The Morgan fingerprint density at radius 2 is 1.94 bits per heavy atom. The molecule has 33 heavy (non-hydrogen) atoms. The Morgan fingerprint density at radius 3 is 2.67 bits per heavy atom. The standard InChI is InChI=1S/C24H23FN4O3S/c1-15-14-32-10-9-29(15)22-12-17(16-3-5-18(6-4-16)33(2,30)31)11-20(28-22)23-19-7-8-26-21(19)13-27-24(23)25/h3-8,11-13,15,26H,9-10,14H2,1-2H3/t15-/m1/s1. The van der Waals surface area contributed by atoms with Gasteiger partial charge in [-0.2, -0.15) is 4.39 Å². The van der Waals surface area contributed by atoms with E-state index >= 15 is 0 Å². The first-order chi connectivity index (χ1) is 15.8. The summed E-state index contributed by atoms with van der Waals surface area (Å²) in [4.78, 5) is 14.2. The lowest BCUT2D eigenvalue weighted by molar-refractivity contribution is 0.0985. The monoisotopic (exact) mass is 466 g/mol. The number of H-pyrrole nitrogens is 1. The Hall–Kier alpha value is -3.30. The summed E-state index contributed by atoms with van der Waals surface area (Å²) in [5.41, 5.74) is 3.12. The first-order valence-electron chi connectivity index (χ1n) is 10.6. The second-order valence-electron chi connectivity index (χ2n) is 8.24. The molecule has 0 bridgehead atoms. The third-order valence-electron chi connectivity index (χ3n) is 5.91. The van der Waals surface area contributed by atoms with E-state index in [0.29, 0.717) is 42.2 Å². The number of sulfone groups is 1. The van der Waals surface area contributed by atoms with E-state index in [1.54, 1.807) is 30.5 Å². The Kier molecular flexibility index (Phi) is 5.38. The number of nitrogens with one attached hydrogen (secondary N) is 1. The molecule has 1 aliphatic rings. The number of hydrogen-bond acceptors (Lipinski definition) is 6. The Morgan fingerprint density at radius 1 is 1.15 bits per heavy atom. The van der Waals surface area contributed by atoms with E-state index in [1.165, 1.54) is 12.5 Å². The normalized spacial score (nSPS) is 16.9. The van der Waals surface area contributed by atoms with Crippen LogP contribution in [0.3, 0.4) is 0 Å². The number of morpholine rings is 1. The SMILES string of the molecule is C[C@@H]1COCCN1c1cc(-c2ccc(S(C)(=O)=O)cc2)cc(-c2c(F)ncc3[nH]ccc23)n1. The molecule has 9 heteroatoms. The highest BCUT2D eigenvalue weighted by molar-refractivity contribution is 7.90. The number of anilines is 1. The third kappa shape index (κ3) is 4.09. The van der Waals surface area contributed by atoms with Crippen LogP contribution in [0.25, 0.3) is 33.3 Å². The summed E-state index contributed by atoms with van der Waals surface area (Å²) in [6.45, 7) is 3.88. The molecule has 4 heterocycles. The molecule has 1 atom stereocenters. The van der Waals surface area contributed by atoms with E-state index in [-0.39, 0.29) is 10.9 Å². The van der Waals surface area contributed by atoms with Crippen molar-refractivity contribution in [3.63, 3.8) is 0 Å². The van der Waals surface area contributed by atoms with Crippen molar-refractivity contribution in [3.8, 4) is 22.4 Å². The maximum Gasteiger partial charge on any atom is 0.223 e. The minimum atomic E-state index is -3.30. The van der Waals surface area contributed by atoms with Gasteiger partial charge in [-0.1, -0.05) is 12.1 Å². The maximum absolute atomic E-state index is 15.0. The van der Waals surface area contributed by atoms with Crippen molar-refractivity contribution >= 4 is 26.6 Å². The van der Waals surface area contributed by atoms with Crippen molar-refractivity contribution in [1.29, 1.82) is 0 Å². The van der Waals surface area contributed by atoms with Crippen LogP contribution >= 0.6 is 0 Å². The van der Waals surface area contributed by atoms with E-state index in [0.717, 1.165) is 16.6 Å². The topological polar surface area (TPSA) is 88.2 Å². The van der Waals surface area contributed by atoms with Crippen molar-refractivity contribution in [2.24, 2.45) is 0 Å². The number of rotatable bonds is 4. The molecule has 1 aromatic carbocycles. The van der Waals surface area contributed by atoms with Crippen LogP contribution in [0, 0.1) is 5.95 Å². The predicted molar refractivity (Wildman–Crippen MR) is 125 cm³/mol. The fourth-order valence-electron chi connectivity index (χ4n) is 4.17. The zero-order valence-electron chi connectivity index (χ0n) is 18.2. The number of hydrogen-bond donors (Lipinski definition) is 1. The minimum Gasteiger partial charge on any atom is -0.377 e. The molecule has 7 nitrogen and oxygen atoms in total. The second-order valence-corrected chi connectivity index (χ2v) is 10.3. The van der Waals surface area contributed by atoms with E-state index < -0.39 is 15.8 Å². The summed E-state index contributed by atoms with van der Waals surface area (Å²) in [5.74, 6) is 0.109. The summed E-state index contributed by atoms with van der Waals surface area (Å²) in [5, 5.41) is 0.695. The first kappa shape index (κ1) is 21.5. The molecule has 0 radical (unpaired) electrons. The number of benzene rings is 1. The number of nitrogens with zero attached hydrogens (tertiary/aromatic N) is 3. The Labute approximate surface area is 191 Å². The molecule has 0 amide bonds. The second kappa shape index (κ2) is 8.24. The van der Waals surface area contributed by atoms with Gasteiger partial charge in [0.05, 0.1) is 47.1 Å². The van der Waals surface area contributed by atoms with Gasteiger partial charge < -0.3 is 14.6 Å². The highest BCUT2D eigenvalue weighted by atomic mass is 32.2. The van der Waals surface area contributed by atoms with Gasteiger partial charge in [-0.25, -0.2) is 18.4 Å². The van der Waals surface area contributed by atoms with Crippen LogP contribution in [0.1, 0.15) is 6.92 Å². The zero-order valence-corrected chi connectivity index (χ0v) is 19.1. The number of pyridine rings is 2. The van der Waals surface area contributed by atoms with Crippen LogP contribution in [0.4, 0.5) is 10.2 Å². The smallest absolute Gasteiger partial charge is 0.223 e. The van der Waals surface area contributed by atoms with E-state index in [4.69, 9.17) is 9.72 Å². The van der Waals surface area contributed by atoms with Crippen LogP contribution in [-0.2, 0) is 14.6 Å². The molecule has 1 aliphatic heterocycles. The molecule has 5 rings (SSSR count). The number of aromatic nitrogens is 3. The molecule has 1 saturated heterocycles. The fourth-order valence-corrected chi connectivity index (χ4v) is 4.80. The highest BCUT2D eigenvalue weighted by Crippen LogP contribution is 2.34. The molecule has 4 aromatic rings. The number of ether oxygens (including phenoxy) is 1. The average Bonchev–Trinajstić information content (AvgIpc) is 3.27. The molecular weight excluding hydrogens is 443 g/mol. The molecule has 0 unspecified atom stereocenters. The van der Waals surface area contributed by atoms with Crippen LogP contribution in [0.2, 0.25) is 0 Å². The van der Waals surface area contributed by atoms with Gasteiger partial charge in [0.2, 0.25) is 5.95 Å². The van der Waals surface area contributed by atoms with E-state index in [1.807, 2.05) is 18.2 Å². The molecule has 0 saturated carbocycles. The minimum absolute atomic E-state index is 0.105. The van der Waals surface area contributed by atoms with E-state index in [9.17, 15) is 12.8 Å². The quantitative estimate of drug-likeness (QED) is 0.457. The summed E-state index contributed by atoms with van der Waals surface area (Å²) < 4.78 is 44.3. The van der Waals surface area contributed by atoms with Gasteiger partial charge in [-0.15, -0.1) is 0 Å². The first-order valence-corrected chi connectivity index (χ1v) is 12.5. The van der Waals surface area contributed by atoms with Crippen LogP contribution in [0.15, 0.2) is 59.8 Å². The predicted octanol–water partition coefficient (Wildman–Crippen LogP) is 4.06. The number of fused-ring (bicyclic) bond motifs is 1. The maximum atomic E-state index is 15.0. The van der Waals surface area contributed by atoms with Gasteiger partial charge in [-0.05, 0) is 48.4 Å². The lowest BCUT2D eigenvalue weighted by Gasteiger charge is -2.34. The summed E-state index contributed by atoms with van der Waals surface area (Å²) >= 11 is 0. The average molecular weight is 467 g/mol. The Balaban J connectivity index is 1.70. The van der Waals surface area contributed by atoms with Gasteiger partial charge in [0, 0.05) is 24.4 Å². The number of halogens is 1. The summed E-state index contributed by atoms with van der Waals surface area (Å²) in [7, 11) is -3.30. The highest BCUT2D eigenvalue weighted by Gasteiger charge is 2.23. The molecule has 0 aliphatic carbocycles. The van der Waals surface area contributed by atoms with Gasteiger partial charge in [0.1, 0.15) is 5.82 Å². The molecule has 1 N–H and O–H groups in total. The third-order valence-corrected chi connectivity index (χ3v) is 7.04. The zero-order chi connectivity index (χ0) is 23.2. The molecule has 170 valence electrons. The van der Waals surface area contributed by atoms with Crippen molar-refractivity contribution in [2.75, 3.05) is 30.9 Å². The van der Waals surface area contributed by atoms with Crippen molar-refractivity contribution in [3.05, 3.63) is 60.8 Å². The molecule has 1 fully saturated rings. The van der Waals surface area contributed by atoms with Gasteiger partial charge in [0.15, 0.2) is 9.84 Å². The van der Waals surface area contributed by atoms with Gasteiger partial charge >= 0.3 is 0 Å². The lowest BCUT2D eigenvalue weighted by Crippen LogP contribution is -2.44. The van der Waals surface area contributed by atoms with Crippen molar-refractivity contribution < 1.29 is 17.5 Å². The molecular formula is C24H23FN4O3S. The van der Waals surface area contributed by atoms with Crippen LogP contribution in [0.5, 0.6) is 0 Å². The van der Waals surface area contributed by atoms with Crippen molar-refractivity contribution in [2.45, 2.75) is 17.9 Å². The fraction of sp³-hybridized carbons (Fsp3) is 0.250. The van der Waals surface area contributed by atoms with Gasteiger partial charge in [0.25, 0.3) is 0 Å².